The predicted octanol–water partition coefficient (Wildman–Crippen LogP) is 4.05. The number of hydrogen-bond acceptors (Lipinski definition) is 2. The van der Waals surface area contributed by atoms with E-state index in [1.807, 2.05) is 25.5 Å². The molecule has 0 radical (unpaired) electrons. The lowest BCUT2D eigenvalue weighted by molar-refractivity contribution is 0.102. The van der Waals surface area contributed by atoms with Crippen molar-refractivity contribution in [2.24, 2.45) is 0 Å². The van der Waals surface area contributed by atoms with Crippen LogP contribution in [0.2, 0.25) is 0 Å². The Morgan fingerprint density at radius 3 is 2.52 bits per heavy atom. The summed E-state index contributed by atoms with van der Waals surface area (Å²) in [7, 11) is 0. The third kappa shape index (κ3) is 3.25. The van der Waals surface area contributed by atoms with E-state index in [9.17, 15) is 13.6 Å². The van der Waals surface area contributed by atoms with Gasteiger partial charge in [-0.2, -0.15) is 5.10 Å². The van der Waals surface area contributed by atoms with Crippen LogP contribution in [0.5, 0.6) is 0 Å². The van der Waals surface area contributed by atoms with Crippen molar-refractivity contribution >= 4 is 11.6 Å². The summed E-state index contributed by atoms with van der Waals surface area (Å²) >= 11 is 0. The molecule has 0 unspecified atom stereocenters. The second-order valence-electron chi connectivity index (χ2n) is 6.89. The van der Waals surface area contributed by atoms with Gasteiger partial charge in [0.1, 0.15) is 11.6 Å². The minimum atomic E-state index is -0.809. The van der Waals surface area contributed by atoms with Crippen molar-refractivity contribution in [1.82, 2.24) is 9.78 Å². The first-order valence-corrected chi connectivity index (χ1v) is 7.62. The van der Waals surface area contributed by atoms with Crippen molar-refractivity contribution in [3.63, 3.8) is 0 Å². The molecule has 6 heteroatoms. The van der Waals surface area contributed by atoms with Crippen LogP contribution >= 0.6 is 0 Å². The van der Waals surface area contributed by atoms with Crippen LogP contribution in [-0.2, 0) is 5.54 Å². The number of halogens is 2. The molecule has 0 saturated heterocycles. The van der Waals surface area contributed by atoms with E-state index in [2.05, 4.69) is 10.4 Å². The maximum atomic E-state index is 13.7. The van der Waals surface area contributed by atoms with Gasteiger partial charge in [0.2, 0.25) is 0 Å². The number of rotatable bonds is 3. The Balaban J connectivity index is 1.88. The fourth-order valence-corrected chi connectivity index (χ4v) is 2.49. The van der Waals surface area contributed by atoms with Gasteiger partial charge < -0.3 is 5.32 Å². The summed E-state index contributed by atoms with van der Waals surface area (Å²) in [5, 5.41) is 6.84. The first-order chi connectivity index (χ1) is 10.8. The summed E-state index contributed by atoms with van der Waals surface area (Å²) < 4.78 is 28.4. The Labute approximate surface area is 133 Å². The normalized spacial score (nSPS) is 14.8. The van der Waals surface area contributed by atoms with Crippen LogP contribution in [0.1, 0.15) is 55.7 Å². The van der Waals surface area contributed by atoms with Crippen LogP contribution in [0.15, 0.2) is 24.3 Å². The number of carbonyl (C=O) groups excluding carboxylic acids is 1. The summed E-state index contributed by atoms with van der Waals surface area (Å²) in [6.07, 6.45) is 2.19. The van der Waals surface area contributed by atoms with Gasteiger partial charge in [-0.15, -0.1) is 0 Å². The van der Waals surface area contributed by atoms with Crippen LogP contribution in [0.25, 0.3) is 0 Å². The fraction of sp³-hybridized carbons (Fsp3) is 0.412. The Hall–Kier alpha value is -2.24. The monoisotopic (exact) mass is 319 g/mol. The Morgan fingerprint density at radius 2 is 1.96 bits per heavy atom. The zero-order valence-electron chi connectivity index (χ0n) is 13.4. The number of nitrogens with zero attached hydrogens (tertiary/aromatic N) is 2. The zero-order chi connectivity index (χ0) is 16.8. The molecular formula is C17H19F2N3O. The minimum Gasteiger partial charge on any atom is -0.318 e. The van der Waals surface area contributed by atoms with Crippen molar-refractivity contribution < 1.29 is 13.6 Å². The van der Waals surface area contributed by atoms with Crippen molar-refractivity contribution in [2.75, 3.05) is 5.32 Å². The molecule has 23 heavy (non-hydrogen) atoms. The summed E-state index contributed by atoms with van der Waals surface area (Å²) in [6, 6.07) is 4.80. The highest BCUT2D eigenvalue weighted by Crippen LogP contribution is 2.41. The van der Waals surface area contributed by atoms with E-state index < -0.39 is 17.5 Å². The molecule has 122 valence electrons. The van der Waals surface area contributed by atoms with Gasteiger partial charge in [-0.3, -0.25) is 9.48 Å². The van der Waals surface area contributed by atoms with Gasteiger partial charge in [0.05, 0.1) is 11.2 Å². The van der Waals surface area contributed by atoms with E-state index in [-0.39, 0.29) is 16.9 Å². The van der Waals surface area contributed by atoms with Crippen molar-refractivity contribution in [3.05, 3.63) is 47.3 Å². The van der Waals surface area contributed by atoms with Gasteiger partial charge >= 0.3 is 0 Å². The molecule has 0 bridgehead atoms. The van der Waals surface area contributed by atoms with Crippen molar-refractivity contribution in [1.29, 1.82) is 0 Å². The van der Waals surface area contributed by atoms with E-state index >= 15 is 0 Å². The Kier molecular flexibility index (Phi) is 3.70. The van der Waals surface area contributed by atoms with E-state index in [4.69, 9.17) is 0 Å². The van der Waals surface area contributed by atoms with Gasteiger partial charge in [-0.25, -0.2) is 8.78 Å². The zero-order valence-corrected chi connectivity index (χ0v) is 13.4. The second kappa shape index (κ2) is 5.44. The van der Waals surface area contributed by atoms with Crippen LogP contribution in [0.4, 0.5) is 14.5 Å². The molecular weight excluding hydrogens is 300 g/mol. The lowest BCUT2D eigenvalue weighted by Gasteiger charge is -2.22. The molecule has 0 spiro atoms. The highest BCUT2D eigenvalue weighted by Gasteiger charge is 2.32. The van der Waals surface area contributed by atoms with Crippen molar-refractivity contribution in [3.8, 4) is 0 Å². The number of anilines is 1. The van der Waals surface area contributed by atoms with Crippen LogP contribution < -0.4 is 5.32 Å². The number of aromatic nitrogens is 2. The average Bonchev–Trinajstić information content (AvgIpc) is 3.18. The third-order valence-corrected chi connectivity index (χ3v) is 3.78. The van der Waals surface area contributed by atoms with E-state index in [1.54, 1.807) is 6.07 Å². The van der Waals surface area contributed by atoms with E-state index in [0.717, 1.165) is 30.7 Å². The van der Waals surface area contributed by atoms with Crippen molar-refractivity contribution in [2.45, 2.75) is 45.1 Å². The minimum absolute atomic E-state index is 0.0605. The molecule has 1 fully saturated rings. The lowest BCUT2D eigenvalue weighted by atomic mass is 10.1. The van der Waals surface area contributed by atoms with E-state index in [1.165, 1.54) is 6.07 Å². The Bertz CT molecular complexity index is 758. The molecule has 1 saturated carbocycles. The molecule has 1 amide bonds. The van der Waals surface area contributed by atoms with Crippen LogP contribution in [-0.4, -0.2) is 15.7 Å². The standard InChI is InChI=1S/C17H19F2N3O/c1-17(2,3)22-15(10-4-5-10)9-14(21-22)16(23)20-13-7-6-11(18)8-12(13)19/h6-10H,4-5H2,1-3H3,(H,20,23). The van der Waals surface area contributed by atoms with Gasteiger partial charge in [0.15, 0.2) is 5.69 Å². The molecule has 1 aromatic carbocycles. The predicted molar refractivity (Wildman–Crippen MR) is 83.5 cm³/mol. The third-order valence-electron chi connectivity index (χ3n) is 3.78. The quantitative estimate of drug-likeness (QED) is 0.928. The summed E-state index contributed by atoms with van der Waals surface area (Å²) in [5.41, 5.74) is 0.972. The number of nitrogens with one attached hydrogen (secondary N) is 1. The second-order valence-corrected chi connectivity index (χ2v) is 6.89. The molecule has 1 aliphatic rings. The maximum absolute atomic E-state index is 13.7. The molecule has 0 atom stereocenters. The molecule has 1 aliphatic carbocycles. The first kappa shape index (κ1) is 15.6. The summed E-state index contributed by atoms with van der Waals surface area (Å²) in [4.78, 5) is 12.3. The smallest absolute Gasteiger partial charge is 0.276 e. The number of amides is 1. The topological polar surface area (TPSA) is 46.9 Å². The molecule has 0 aliphatic heterocycles. The van der Waals surface area contributed by atoms with Gasteiger partial charge in [-0.1, -0.05) is 0 Å². The first-order valence-electron chi connectivity index (χ1n) is 7.62. The van der Waals surface area contributed by atoms with E-state index in [0.29, 0.717) is 5.92 Å². The number of carbonyl (C=O) groups is 1. The molecule has 1 heterocycles. The molecule has 3 rings (SSSR count). The average molecular weight is 319 g/mol. The van der Waals surface area contributed by atoms with Crippen LogP contribution in [0, 0.1) is 11.6 Å². The SMILES string of the molecule is CC(C)(C)n1nc(C(=O)Nc2ccc(F)cc2F)cc1C1CC1. The van der Waals surface area contributed by atoms with Gasteiger partial charge in [-0.05, 0) is 51.8 Å². The maximum Gasteiger partial charge on any atom is 0.276 e. The fourth-order valence-electron chi connectivity index (χ4n) is 2.49. The highest BCUT2D eigenvalue weighted by molar-refractivity contribution is 6.03. The number of hydrogen-bond donors (Lipinski definition) is 1. The Morgan fingerprint density at radius 1 is 1.26 bits per heavy atom. The highest BCUT2D eigenvalue weighted by atomic mass is 19.1. The molecule has 1 N–H and O–H groups in total. The lowest BCUT2D eigenvalue weighted by Crippen LogP contribution is -2.25. The van der Waals surface area contributed by atoms with Crippen LogP contribution in [0.3, 0.4) is 0 Å². The molecule has 2 aromatic rings. The van der Waals surface area contributed by atoms with Gasteiger partial charge in [0, 0.05) is 17.7 Å². The summed E-state index contributed by atoms with van der Waals surface area (Å²) in [6.45, 7) is 6.06. The summed E-state index contributed by atoms with van der Waals surface area (Å²) in [5.74, 6) is -1.56. The van der Waals surface area contributed by atoms with Gasteiger partial charge in [0.25, 0.3) is 5.91 Å². The molecule has 1 aromatic heterocycles. The largest absolute Gasteiger partial charge is 0.318 e. The number of benzene rings is 1. The molecule has 4 nitrogen and oxygen atoms in total.